The molecule has 3 rings (SSSR count). The average molecular weight is 274 g/mol. The number of rotatable bonds is 4. The van der Waals surface area contributed by atoms with Gasteiger partial charge >= 0.3 is 0 Å². The predicted octanol–water partition coefficient (Wildman–Crippen LogP) is 3.87. The third-order valence-electron chi connectivity index (χ3n) is 3.91. The van der Waals surface area contributed by atoms with Crippen LogP contribution in [0.25, 0.3) is 10.1 Å². The summed E-state index contributed by atoms with van der Waals surface area (Å²) >= 11 is 1.82. The van der Waals surface area contributed by atoms with E-state index in [1.165, 1.54) is 41.6 Å². The lowest BCUT2D eigenvalue weighted by molar-refractivity contribution is 0.423. The molecule has 2 nitrogen and oxygen atoms in total. The lowest BCUT2D eigenvalue weighted by Crippen LogP contribution is -2.46. The maximum Gasteiger partial charge on any atom is 0.0373 e. The van der Waals surface area contributed by atoms with E-state index in [-0.39, 0.29) is 0 Å². The minimum absolute atomic E-state index is 0.659. The number of thiophene rings is 1. The topological polar surface area (TPSA) is 15.3 Å². The Morgan fingerprint density at radius 1 is 1.37 bits per heavy atom. The Labute approximate surface area is 119 Å². The summed E-state index contributed by atoms with van der Waals surface area (Å²) in [5, 5.41) is 7.22. The highest BCUT2D eigenvalue weighted by Crippen LogP contribution is 2.27. The molecule has 1 unspecified atom stereocenters. The van der Waals surface area contributed by atoms with Gasteiger partial charge in [-0.2, -0.15) is 0 Å². The van der Waals surface area contributed by atoms with Crippen LogP contribution in [0.4, 0.5) is 5.69 Å². The summed E-state index contributed by atoms with van der Waals surface area (Å²) in [6.45, 7) is 5.72. The Morgan fingerprint density at radius 3 is 3.21 bits per heavy atom. The van der Waals surface area contributed by atoms with Crippen LogP contribution in [0.15, 0.2) is 29.6 Å². The van der Waals surface area contributed by atoms with Gasteiger partial charge in [-0.1, -0.05) is 6.92 Å². The van der Waals surface area contributed by atoms with E-state index in [0.29, 0.717) is 6.04 Å². The molecule has 1 aliphatic rings. The van der Waals surface area contributed by atoms with Crippen LogP contribution in [0.2, 0.25) is 0 Å². The first-order valence-electron chi connectivity index (χ1n) is 7.32. The van der Waals surface area contributed by atoms with Crippen molar-refractivity contribution in [2.45, 2.75) is 32.2 Å². The number of hydrogen-bond donors (Lipinski definition) is 1. The van der Waals surface area contributed by atoms with Gasteiger partial charge in [-0.25, -0.2) is 0 Å². The van der Waals surface area contributed by atoms with Crippen molar-refractivity contribution in [1.29, 1.82) is 0 Å². The zero-order valence-corrected chi connectivity index (χ0v) is 12.4. The first kappa shape index (κ1) is 12.9. The molecule has 0 amide bonds. The minimum atomic E-state index is 0.659. The molecular formula is C16H22N2S. The fourth-order valence-corrected chi connectivity index (χ4v) is 3.65. The van der Waals surface area contributed by atoms with E-state index in [1.807, 2.05) is 11.3 Å². The highest BCUT2D eigenvalue weighted by molar-refractivity contribution is 7.17. The number of hydrogen-bond acceptors (Lipinski definition) is 3. The predicted molar refractivity (Wildman–Crippen MR) is 85.4 cm³/mol. The fourth-order valence-electron chi connectivity index (χ4n) is 2.88. The van der Waals surface area contributed by atoms with Gasteiger partial charge in [0.15, 0.2) is 0 Å². The zero-order chi connectivity index (χ0) is 13.1. The maximum absolute atomic E-state index is 3.66. The molecule has 1 N–H and O–H groups in total. The van der Waals surface area contributed by atoms with Crippen LogP contribution in [-0.4, -0.2) is 25.7 Å². The Kier molecular flexibility index (Phi) is 4.04. The molecule has 1 aromatic heterocycles. The van der Waals surface area contributed by atoms with Crippen molar-refractivity contribution in [3.05, 3.63) is 29.6 Å². The molecule has 0 bridgehead atoms. The number of piperidine rings is 1. The quantitative estimate of drug-likeness (QED) is 0.910. The average Bonchev–Trinajstić information content (AvgIpc) is 2.92. The first-order chi connectivity index (χ1) is 9.36. The van der Waals surface area contributed by atoms with Crippen LogP contribution in [0.3, 0.4) is 0 Å². The molecule has 0 spiro atoms. The van der Waals surface area contributed by atoms with Gasteiger partial charge in [0.05, 0.1) is 0 Å². The summed E-state index contributed by atoms with van der Waals surface area (Å²) < 4.78 is 1.39. The minimum Gasteiger partial charge on any atom is -0.370 e. The Hall–Kier alpha value is -1.06. The molecule has 2 heterocycles. The smallest absolute Gasteiger partial charge is 0.0373 e. The van der Waals surface area contributed by atoms with Gasteiger partial charge < -0.3 is 10.2 Å². The van der Waals surface area contributed by atoms with E-state index in [9.17, 15) is 0 Å². The van der Waals surface area contributed by atoms with E-state index in [0.717, 1.165) is 13.1 Å². The van der Waals surface area contributed by atoms with Crippen molar-refractivity contribution in [2.24, 2.45) is 0 Å². The first-order valence-corrected chi connectivity index (χ1v) is 8.20. The third-order valence-corrected chi connectivity index (χ3v) is 4.80. The van der Waals surface area contributed by atoms with E-state index < -0.39 is 0 Å². The number of nitrogens with one attached hydrogen (secondary N) is 1. The summed E-state index contributed by atoms with van der Waals surface area (Å²) in [4.78, 5) is 2.54. The van der Waals surface area contributed by atoms with E-state index in [1.54, 1.807) is 0 Å². The van der Waals surface area contributed by atoms with Crippen LogP contribution in [-0.2, 0) is 0 Å². The van der Waals surface area contributed by atoms with Gasteiger partial charge in [-0.15, -0.1) is 11.3 Å². The van der Waals surface area contributed by atoms with Crippen molar-refractivity contribution in [3.8, 4) is 0 Å². The molecule has 0 saturated carbocycles. The lowest BCUT2D eigenvalue weighted by Gasteiger charge is -2.35. The molecule has 0 radical (unpaired) electrons. The van der Waals surface area contributed by atoms with Gasteiger partial charge in [0.2, 0.25) is 0 Å². The highest BCUT2D eigenvalue weighted by Gasteiger charge is 2.19. The molecule has 2 aromatic rings. The van der Waals surface area contributed by atoms with Gasteiger partial charge in [0.1, 0.15) is 0 Å². The monoisotopic (exact) mass is 274 g/mol. The Balaban J connectivity index is 1.73. The summed E-state index contributed by atoms with van der Waals surface area (Å²) in [5.41, 5.74) is 1.38. The van der Waals surface area contributed by atoms with Crippen molar-refractivity contribution in [2.75, 3.05) is 24.5 Å². The van der Waals surface area contributed by atoms with Gasteiger partial charge in [0.25, 0.3) is 0 Å². The third kappa shape index (κ3) is 2.93. The molecule has 19 heavy (non-hydrogen) atoms. The summed E-state index contributed by atoms with van der Waals surface area (Å²) in [6, 6.07) is 9.76. The van der Waals surface area contributed by atoms with Crippen LogP contribution in [0.5, 0.6) is 0 Å². The molecule has 102 valence electrons. The lowest BCUT2D eigenvalue weighted by atomic mass is 10.0. The number of anilines is 1. The van der Waals surface area contributed by atoms with E-state index >= 15 is 0 Å². The van der Waals surface area contributed by atoms with Gasteiger partial charge in [0, 0.05) is 29.5 Å². The largest absolute Gasteiger partial charge is 0.370 e. The van der Waals surface area contributed by atoms with Crippen LogP contribution in [0.1, 0.15) is 26.2 Å². The van der Waals surface area contributed by atoms with Crippen molar-refractivity contribution < 1.29 is 0 Å². The fraction of sp³-hybridized carbons (Fsp3) is 0.500. The van der Waals surface area contributed by atoms with Crippen molar-refractivity contribution >= 4 is 27.1 Å². The van der Waals surface area contributed by atoms with Gasteiger partial charge in [-0.3, -0.25) is 0 Å². The number of nitrogens with zero attached hydrogens (tertiary/aromatic N) is 1. The molecular weight excluding hydrogens is 252 g/mol. The standard InChI is InChI=1S/C16H22N2S/c1-2-8-17-14-4-3-9-18(12-14)15-5-6-16-13(11-15)7-10-19-16/h5-7,10-11,14,17H,2-4,8-9,12H2,1H3. The molecule has 0 aliphatic carbocycles. The van der Waals surface area contributed by atoms with Crippen LogP contribution in [0, 0.1) is 0 Å². The number of benzene rings is 1. The Morgan fingerprint density at radius 2 is 2.32 bits per heavy atom. The van der Waals surface area contributed by atoms with Crippen LogP contribution >= 0.6 is 11.3 Å². The molecule has 1 aliphatic heterocycles. The second-order valence-corrected chi connectivity index (χ2v) is 6.33. The van der Waals surface area contributed by atoms with Gasteiger partial charge in [-0.05, 0) is 60.8 Å². The molecule has 1 atom stereocenters. The van der Waals surface area contributed by atoms with E-state index in [2.05, 4.69) is 46.8 Å². The normalized spacial score (nSPS) is 20.1. The number of fused-ring (bicyclic) bond motifs is 1. The Bertz CT molecular complexity index is 534. The SMILES string of the molecule is CCCNC1CCCN(c2ccc3sccc3c2)C1. The van der Waals surface area contributed by atoms with Crippen LogP contribution < -0.4 is 10.2 Å². The van der Waals surface area contributed by atoms with Crippen molar-refractivity contribution in [1.82, 2.24) is 5.32 Å². The second kappa shape index (κ2) is 5.93. The van der Waals surface area contributed by atoms with E-state index in [4.69, 9.17) is 0 Å². The maximum atomic E-state index is 3.66. The summed E-state index contributed by atoms with van der Waals surface area (Å²) in [7, 11) is 0. The second-order valence-electron chi connectivity index (χ2n) is 5.38. The molecule has 3 heteroatoms. The molecule has 1 fully saturated rings. The summed E-state index contributed by atoms with van der Waals surface area (Å²) in [6.07, 6.45) is 3.83. The summed E-state index contributed by atoms with van der Waals surface area (Å²) in [5.74, 6) is 0. The molecule has 1 aromatic carbocycles. The van der Waals surface area contributed by atoms with Crippen molar-refractivity contribution in [3.63, 3.8) is 0 Å². The highest BCUT2D eigenvalue weighted by atomic mass is 32.1. The zero-order valence-electron chi connectivity index (χ0n) is 11.6. The molecule has 1 saturated heterocycles.